The molecule has 1 heterocycles. The van der Waals surface area contributed by atoms with Gasteiger partial charge in [0, 0.05) is 6.26 Å². The van der Waals surface area contributed by atoms with Crippen molar-refractivity contribution in [3.05, 3.63) is 36.5 Å². The van der Waals surface area contributed by atoms with Crippen LogP contribution in [0.1, 0.15) is 0 Å². The summed E-state index contributed by atoms with van der Waals surface area (Å²) in [5, 5.41) is 5.70. The highest BCUT2D eigenvalue weighted by Gasteiger charge is 2.20. The predicted octanol–water partition coefficient (Wildman–Crippen LogP) is 0.614. The Morgan fingerprint density at radius 3 is 2.37 bits per heavy atom. The first-order valence-electron chi connectivity index (χ1n) is 5.12. The van der Waals surface area contributed by atoms with Gasteiger partial charge < -0.3 is 0 Å². The van der Waals surface area contributed by atoms with Crippen LogP contribution in [-0.4, -0.2) is 33.3 Å². The number of sulfonamides is 1. The Kier molecular flexibility index (Phi) is 3.33. The van der Waals surface area contributed by atoms with Gasteiger partial charge in [0.05, 0.1) is 16.8 Å². The minimum atomic E-state index is -3.89. The van der Waals surface area contributed by atoms with Crippen molar-refractivity contribution in [3.63, 3.8) is 0 Å². The molecular weight excluding hydrogens is 290 g/mol. The molecule has 0 bridgehead atoms. The Morgan fingerprint density at radius 2 is 1.79 bits per heavy atom. The summed E-state index contributed by atoms with van der Waals surface area (Å²) in [6.45, 7) is 0. The summed E-state index contributed by atoms with van der Waals surface area (Å²) in [6.07, 6.45) is 2.30. The summed E-state index contributed by atoms with van der Waals surface area (Å²) >= 11 is 0. The summed E-state index contributed by atoms with van der Waals surface area (Å²) in [4.78, 5) is -0.0851. The van der Waals surface area contributed by atoms with E-state index in [9.17, 15) is 16.8 Å². The molecule has 0 saturated heterocycles. The second-order valence-electron chi connectivity index (χ2n) is 3.79. The fraction of sp³-hybridized carbons (Fsp3) is 0.100. The summed E-state index contributed by atoms with van der Waals surface area (Å²) in [5.41, 5.74) is -0.000370. The van der Waals surface area contributed by atoms with E-state index in [4.69, 9.17) is 0 Å². The number of benzene rings is 1. The van der Waals surface area contributed by atoms with Gasteiger partial charge >= 0.3 is 0 Å². The Balaban J connectivity index is 2.46. The molecule has 19 heavy (non-hydrogen) atoms. The van der Waals surface area contributed by atoms with Gasteiger partial charge in [-0.2, -0.15) is 13.5 Å². The van der Waals surface area contributed by atoms with Crippen LogP contribution in [0, 0.1) is 0 Å². The zero-order valence-corrected chi connectivity index (χ0v) is 11.5. The van der Waals surface area contributed by atoms with Crippen LogP contribution in [0.2, 0.25) is 0 Å². The van der Waals surface area contributed by atoms with Gasteiger partial charge in [0.25, 0.3) is 10.0 Å². The third kappa shape index (κ3) is 2.93. The fourth-order valence-corrected chi connectivity index (χ4v) is 3.37. The van der Waals surface area contributed by atoms with E-state index < -0.39 is 19.9 Å². The van der Waals surface area contributed by atoms with Gasteiger partial charge in [0.2, 0.25) is 0 Å². The molecule has 0 aliphatic carbocycles. The van der Waals surface area contributed by atoms with Crippen molar-refractivity contribution in [2.24, 2.45) is 0 Å². The van der Waals surface area contributed by atoms with Gasteiger partial charge in [-0.1, -0.05) is 12.1 Å². The van der Waals surface area contributed by atoms with E-state index in [0.717, 1.165) is 6.26 Å². The molecule has 2 N–H and O–H groups in total. The molecule has 0 aliphatic heterocycles. The van der Waals surface area contributed by atoms with Crippen LogP contribution in [0.25, 0.3) is 0 Å². The Bertz CT molecular complexity index is 780. The van der Waals surface area contributed by atoms with Crippen LogP contribution in [0.4, 0.5) is 5.69 Å². The minimum absolute atomic E-state index is 0.000370. The zero-order valence-electron chi connectivity index (χ0n) is 9.86. The molecule has 0 aliphatic rings. The van der Waals surface area contributed by atoms with E-state index in [-0.39, 0.29) is 15.6 Å². The number of hydrogen-bond donors (Lipinski definition) is 2. The first kappa shape index (κ1) is 13.6. The first-order valence-corrected chi connectivity index (χ1v) is 8.49. The second-order valence-corrected chi connectivity index (χ2v) is 7.43. The number of para-hydroxylation sites is 1. The maximum absolute atomic E-state index is 12.0. The average Bonchev–Trinajstić information content (AvgIpc) is 2.81. The summed E-state index contributed by atoms with van der Waals surface area (Å²) in [7, 11) is -7.41. The number of H-pyrrole nitrogens is 1. The van der Waals surface area contributed by atoms with Gasteiger partial charge in [-0.15, -0.1) is 0 Å². The Morgan fingerprint density at radius 1 is 1.11 bits per heavy atom. The maximum Gasteiger partial charge on any atom is 0.278 e. The SMILES string of the molecule is CS(=O)(=O)c1ccccc1NS(=O)(=O)c1ccn[nH]1. The van der Waals surface area contributed by atoms with Crippen molar-refractivity contribution in [2.45, 2.75) is 9.92 Å². The Labute approximate surface area is 110 Å². The van der Waals surface area contributed by atoms with E-state index in [0.29, 0.717) is 0 Å². The van der Waals surface area contributed by atoms with Gasteiger partial charge in [-0.05, 0) is 18.2 Å². The van der Waals surface area contributed by atoms with Crippen LogP contribution in [0.15, 0.2) is 46.5 Å². The van der Waals surface area contributed by atoms with E-state index in [1.165, 1.54) is 30.5 Å². The normalized spacial score (nSPS) is 12.3. The topological polar surface area (TPSA) is 109 Å². The summed E-state index contributed by atoms with van der Waals surface area (Å²) in [5.74, 6) is 0. The lowest BCUT2D eigenvalue weighted by atomic mass is 10.3. The maximum atomic E-state index is 12.0. The number of rotatable bonds is 4. The molecule has 0 spiro atoms. The van der Waals surface area contributed by atoms with Gasteiger partial charge in [0.1, 0.15) is 0 Å². The molecule has 0 fully saturated rings. The quantitative estimate of drug-likeness (QED) is 0.860. The smallest absolute Gasteiger partial charge is 0.277 e. The fourth-order valence-electron chi connectivity index (χ4n) is 1.47. The number of aromatic amines is 1. The molecule has 0 radical (unpaired) electrons. The molecule has 9 heteroatoms. The standard InChI is InChI=1S/C10H11N3O4S2/c1-18(14,15)9-5-3-2-4-8(9)13-19(16,17)10-6-7-11-12-10/h2-7,13H,1H3,(H,11,12). The van der Waals surface area contributed by atoms with Crippen LogP contribution in [0.3, 0.4) is 0 Å². The molecule has 0 atom stereocenters. The highest BCUT2D eigenvalue weighted by atomic mass is 32.2. The largest absolute Gasteiger partial charge is 0.278 e. The van der Waals surface area contributed by atoms with E-state index in [2.05, 4.69) is 14.9 Å². The molecule has 7 nitrogen and oxygen atoms in total. The number of nitrogens with zero attached hydrogens (tertiary/aromatic N) is 1. The first-order chi connectivity index (χ1) is 8.81. The van der Waals surface area contributed by atoms with Crippen molar-refractivity contribution < 1.29 is 16.8 Å². The van der Waals surface area contributed by atoms with Crippen molar-refractivity contribution >= 4 is 25.5 Å². The van der Waals surface area contributed by atoms with Crippen molar-refractivity contribution in [2.75, 3.05) is 11.0 Å². The molecule has 0 amide bonds. The van der Waals surface area contributed by atoms with E-state index in [1.807, 2.05) is 0 Å². The molecular formula is C10H11N3O4S2. The molecule has 2 aromatic rings. The van der Waals surface area contributed by atoms with Crippen molar-refractivity contribution in [1.29, 1.82) is 0 Å². The lowest BCUT2D eigenvalue weighted by Gasteiger charge is -2.10. The number of hydrogen-bond acceptors (Lipinski definition) is 5. The summed E-state index contributed by atoms with van der Waals surface area (Å²) < 4.78 is 49.3. The molecule has 2 rings (SSSR count). The van der Waals surface area contributed by atoms with Crippen LogP contribution in [-0.2, 0) is 19.9 Å². The zero-order chi connectivity index (χ0) is 14.1. The molecule has 1 aromatic heterocycles. The monoisotopic (exact) mass is 301 g/mol. The molecule has 0 saturated carbocycles. The third-order valence-corrected chi connectivity index (χ3v) is 4.75. The number of sulfone groups is 1. The highest BCUT2D eigenvalue weighted by molar-refractivity contribution is 7.93. The second kappa shape index (κ2) is 4.67. The van der Waals surface area contributed by atoms with Crippen molar-refractivity contribution in [1.82, 2.24) is 10.2 Å². The lowest BCUT2D eigenvalue weighted by molar-refractivity contribution is 0.597. The van der Waals surface area contributed by atoms with E-state index in [1.54, 1.807) is 6.07 Å². The number of anilines is 1. The van der Waals surface area contributed by atoms with Crippen LogP contribution < -0.4 is 4.72 Å². The van der Waals surface area contributed by atoms with Gasteiger partial charge in [-0.25, -0.2) is 8.42 Å². The van der Waals surface area contributed by atoms with Crippen molar-refractivity contribution in [3.8, 4) is 0 Å². The lowest BCUT2D eigenvalue weighted by Crippen LogP contribution is -2.15. The Hall–Kier alpha value is -1.87. The third-order valence-electron chi connectivity index (χ3n) is 2.30. The summed E-state index contributed by atoms with van der Waals surface area (Å²) in [6, 6.07) is 7.04. The molecule has 0 unspecified atom stereocenters. The average molecular weight is 301 g/mol. The van der Waals surface area contributed by atoms with Gasteiger partial charge in [-0.3, -0.25) is 9.82 Å². The molecule has 1 aromatic carbocycles. The van der Waals surface area contributed by atoms with Gasteiger partial charge in [0.15, 0.2) is 14.9 Å². The number of nitrogens with one attached hydrogen (secondary N) is 2. The van der Waals surface area contributed by atoms with Crippen LogP contribution in [0.5, 0.6) is 0 Å². The highest BCUT2D eigenvalue weighted by Crippen LogP contribution is 2.23. The molecule has 102 valence electrons. The number of aromatic nitrogens is 2. The van der Waals surface area contributed by atoms with E-state index >= 15 is 0 Å². The van der Waals surface area contributed by atoms with Crippen LogP contribution >= 0.6 is 0 Å². The predicted molar refractivity (Wildman–Crippen MR) is 68.9 cm³/mol. The minimum Gasteiger partial charge on any atom is -0.277 e.